The molecule has 1 heterocycles. The summed E-state index contributed by atoms with van der Waals surface area (Å²) in [5.74, 6) is -0.922. The van der Waals surface area contributed by atoms with Crippen LogP contribution in [-0.2, 0) is 4.79 Å². The van der Waals surface area contributed by atoms with Crippen LogP contribution in [0, 0.1) is 0 Å². The molecule has 0 bridgehead atoms. The lowest BCUT2D eigenvalue weighted by Crippen LogP contribution is -1.84. The van der Waals surface area contributed by atoms with Crippen molar-refractivity contribution in [2.45, 2.75) is 0 Å². The molecule has 0 saturated carbocycles. The highest BCUT2D eigenvalue weighted by Gasteiger charge is 2.00. The Bertz CT molecular complexity index is 512. The zero-order valence-electron chi connectivity index (χ0n) is 8.46. The molecule has 0 saturated heterocycles. The van der Waals surface area contributed by atoms with Crippen molar-refractivity contribution in [2.24, 2.45) is 0 Å². The van der Waals surface area contributed by atoms with Gasteiger partial charge in [-0.2, -0.15) is 0 Å². The number of carbonyl (C=O) groups is 1. The van der Waals surface area contributed by atoms with E-state index in [2.05, 4.69) is 0 Å². The second kappa shape index (κ2) is 4.77. The minimum Gasteiger partial charge on any atom is -0.478 e. The smallest absolute Gasteiger partial charge is 0.328 e. The third kappa shape index (κ3) is 2.58. The Kier molecular flexibility index (Phi) is 3.17. The highest BCUT2D eigenvalue weighted by atomic mass is 32.1. The predicted octanol–water partition coefficient (Wildman–Crippen LogP) is 3.51. The monoisotopic (exact) mass is 230 g/mol. The summed E-state index contributed by atoms with van der Waals surface area (Å²) in [4.78, 5) is 12.5. The van der Waals surface area contributed by atoms with Crippen molar-refractivity contribution in [1.82, 2.24) is 0 Å². The molecule has 0 amide bonds. The van der Waals surface area contributed by atoms with Gasteiger partial charge in [0.15, 0.2) is 0 Å². The van der Waals surface area contributed by atoms with Crippen molar-refractivity contribution >= 4 is 23.4 Å². The van der Waals surface area contributed by atoms with Crippen LogP contribution >= 0.6 is 11.3 Å². The quantitative estimate of drug-likeness (QED) is 0.819. The zero-order chi connectivity index (χ0) is 11.4. The minimum atomic E-state index is -0.922. The summed E-state index contributed by atoms with van der Waals surface area (Å²) in [6.07, 6.45) is 2.76. The van der Waals surface area contributed by atoms with Gasteiger partial charge in [0.2, 0.25) is 0 Å². The summed E-state index contributed by atoms with van der Waals surface area (Å²) < 4.78 is 0. The summed E-state index contributed by atoms with van der Waals surface area (Å²) in [5.41, 5.74) is 1.16. The Balaban J connectivity index is 2.23. The van der Waals surface area contributed by atoms with E-state index < -0.39 is 5.97 Å². The number of rotatable bonds is 3. The molecule has 0 radical (unpaired) electrons. The van der Waals surface area contributed by atoms with E-state index in [-0.39, 0.29) is 0 Å². The topological polar surface area (TPSA) is 37.3 Å². The van der Waals surface area contributed by atoms with Gasteiger partial charge in [-0.1, -0.05) is 30.3 Å². The second-order valence-electron chi connectivity index (χ2n) is 3.24. The molecule has 2 rings (SSSR count). The van der Waals surface area contributed by atoms with Crippen LogP contribution in [-0.4, -0.2) is 11.1 Å². The summed E-state index contributed by atoms with van der Waals surface area (Å²) in [6, 6.07) is 14.0. The molecule has 0 aliphatic carbocycles. The van der Waals surface area contributed by atoms with Crippen LogP contribution < -0.4 is 0 Å². The second-order valence-corrected chi connectivity index (χ2v) is 4.35. The molecule has 0 aliphatic heterocycles. The standard InChI is InChI=1S/C13H10O2S/c14-13(15)9-7-11-6-8-12(16-11)10-4-2-1-3-5-10/h1-9H,(H,14,15). The van der Waals surface area contributed by atoms with Crippen molar-refractivity contribution in [3.8, 4) is 10.4 Å². The lowest BCUT2D eigenvalue weighted by molar-refractivity contribution is -0.131. The maximum absolute atomic E-state index is 10.4. The van der Waals surface area contributed by atoms with Crippen molar-refractivity contribution < 1.29 is 9.90 Å². The first kappa shape index (κ1) is 10.6. The fourth-order valence-electron chi connectivity index (χ4n) is 1.35. The van der Waals surface area contributed by atoms with Crippen molar-refractivity contribution in [2.75, 3.05) is 0 Å². The Morgan fingerprint density at radius 3 is 2.56 bits per heavy atom. The number of hydrogen-bond donors (Lipinski definition) is 1. The van der Waals surface area contributed by atoms with Gasteiger partial charge in [0, 0.05) is 15.8 Å². The molecule has 80 valence electrons. The Labute approximate surface area is 97.5 Å². The molecule has 1 N–H and O–H groups in total. The first-order valence-corrected chi connectivity index (χ1v) is 5.63. The molecule has 0 unspecified atom stereocenters. The van der Waals surface area contributed by atoms with E-state index in [0.717, 1.165) is 21.4 Å². The van der Waals surface area contributed by atoms with Crippen LogP contribution in [0.1, 0.15) is 4.88 Å². The van der Waals surface area contributed by atoms with Crippen molar-refractivity contribution in [3.05, 3.63) is 53.4 Å². The Hall–Kier alpha value is -1.87. The highest BCUT2D eigenvalue weighted by Crippen LogP contribution is 2.28. The minimum absolute atomic E-state index is 0.922. The zero-order valence-corrected chi connectivity index (χ0v) is 9.28. The average molecular weight is 230 g/mol. The molecule has 2 aromatic rings. The fraction of sp³-hybridized carbons (Fsp3) is 0. The van der Waals surface area contributed by atoms with E-state index in [1.54, 1.807) is 17.4 Å². The molecule has 3 heteroatoms. The van der Waals surface area contributed by atoms with Gasteiger partial charge in [-0.05, 0) is 23.8 Å². The number of aliphatic carboxylic acids is 1. The summed E-state index contributed by atoms with van der Waals surface area (Å²) in [7, 11) is 0. The number of carboxylic acid groups (broad SMARTS) is 1. The molecule has 0 fully saturated rings. The van der Waals surface area contributed by atoms with Crippen LogP contribution in [0.5, 0.6) is 0 Å². The molecule has 0 aliphatic rings. The van der Waals surface area contributed by atoms with Crippen molar-refractivity contribution in [3.63, 3.8) is 0 Å². The summed E-state index contributed by atoms with van der Waals surface area (Å²) in [5, 5.41) is 8.52. The van der Waals surface area contributed by atoms with Gasteiger partial charge in [0.25, 0.3) is 0 Å². The van der Waals surface area contributed by atoms with Gasteiger partial charge in [-0.15, -0.1) is 11.3 Å². The van der Waals surface area contributed by atoms with Gasteiger partial charge in [0.05, 0.1) is 0 Å². The van der Waals surface area contributed by atoms with E-state index in [4.69, 9.17) is 5.11 Å². The number of carboxylic acids is 1. The number of hydrogen-bond acceptors (Lipinski definition) is 2. The number of benzene rings is 1. The molecule has 1 aromatic heterocycles. The largest absolute Gasteiger partial charge is 0.478 e. The van der Waals surface area contributed by atoms with Crippen molar-refractivity contribution in [1.29, 1.82) is 0 Å². The fourth-order valence-corrected chi connectivity index (χ4v) is 2.27. The SMILES string of the molecule is O=C(O)C=Cc1ccc(-c2ccccc2)s1. The maximum atomic E-state index is 10.4. The molecule has 2 nitrogen and oxygen atoms in total. The van der Waals surface area contributed by atoms with Gasteiger partial charge < -0.3 is 5.11 Å². The number of thiophene rings is 1. The van der Waals surface area contributed by atoms with Gasteiger partial charge in [-0.3, -0.25) is 0 Å². The van der Waals surface area contributed by atoms with Crippen LogP contribution in [0.2, 0.25) is 0 Å². The van der Waals surface area contributed by atoms with Crippen LogP contribution in [0.4, 0.5) is 0 Å². The van der Waals surface area contributed by atoms with Crippen LogP contribution in [0.15, 0.2) is 48.5 Å². The molecule has 1 aromatic carbocycles. The molecular weight excluding hydrogens is 220 g/mol. The first-order valence-electron chi connectivity index (χ1n) is 4.82. The van der Waals surface area contributed by atoms with E-state index in [0.29, 0.717) is 0 Å². The predicted molar refractivity (Wildman–Crippen MR) is 66.4 cm³/mol. The van der Waals surface area contributed by atoms with E-state index in [9.17, 15) is 4.79 Å². The van der Waals surface area contributed by atoms with E-state index in [1.165, 1.54) is 0 Å². The first-order chi connectivity index (χ1) is 7.75. The van der Waals surface area contributed by atoms with E-state index >= 15 is 0 Å². The maximum Gasteiger partial charge on any atom is 0.328 e. The van der Waals surface area contributed by atoms with Crippen LogP contribution in [0.3, 0.4) is 0 Å². The molecule has 0 atom stereocenters. The van der Waals surface area contributed by atoms with Gasteiger partial charge in [-0.25, -0.2) is 4.79 Å². The average Bonchev–Trinajstić information content (AvgIpc) is 2.76. The normalized spacial score (nSPS) is 10.8. The van der Waals surface area contributed by atoms with Gasteiger partial charge in [0.1, 0.15) is 0 Å². The molecule has 16 heavy (non-hydrogen) atoms. The lowest BCUT2D eigenvalue weighted by atomic mass is 10.2. The summed E-state index contributed by atoms with van der Waals surface area (Å²) in [6.45, 7) is 0. The Morgan fingerprint density at radius 1 is 1.12 bits per heavy atom. The van der Waals surface area contributed by atoms with E-state index in [1.807, 2.05) is 42.5 Å². The van der Waals surface area contributed by atoms with Crippen LogP contribution in [0.25, 0.3) is 16.5 Å². The molecular formula is C13H10O2S. The third-order valence-electron chi connectivity index (χ3n) is 2.08. The lowest BCUT2D eigenvalue weighted by Gasteiger charge is -1.94. The third-order valence-corrected chi connectivity index (χ3v) is 3.17. The summed E-state index contributed by atoms with van der Waals surface area (Å²) >= 11 is 1.58. The highest BCUT2D eigenvalue weighted by molar-refractivity contribution is 7.16. The molecule has 0 spiro atoms. The van der Waals surface area contributed by atoms with Gasteiger partial charge >= 0.3 is 5.97 Å². The Morgan fingerprint density at radius 2 is 1.88 bits per heavy atom.